The van der Waals surface area contributed by atoms with Crippen molar-refractivity contribution in [3.05, 3.63) is 36.2 Å². The van der Waals surface area contributed by atoms with Gasteiger partial charge in [-0.15, -0.1) is 0 Å². The van der Waals surface area contributed by atoms with Crippen LogP contribution in [0, 0.1) is 0 Å². The summed E-state index contributed by atoms with van der Waals surface area (Å²) in [5.74, 6) is 0. The molecule has 0 atom stereocenters. The zero-order valence-electron chi connectivity index (χ0n) is 16.8. The SMILES string of the molecule is CC(C)(C)OC(=O)N1CC(S(=O)(=O)N2CC=C(c3cnc4occc4c3)CC2)C1. The maximum atomic E-state index is 12.9. The number of furan rings is 1. The van der Waals surface area contributed by atoms with Crippen LogP contribution in [0.2, 0.25) is 0 Å². The summed E-state index contributed by atoms with van der Waals surface area (Å²) in [4.78, 5) is 17.8. The van der Waals surface area contributed by atoms with E-state index in [4.69, 9.17) is 9.15 Å². The highest BCUT2D eigenvalue weighted by molar-refractivity contribution is 7.89. The van der Waals surface area contributed by atoms with Gasteiger partial charge in [0.05, 0.1) is 6.26 Å². The molecular weight excluding hydrogens is 394 g/mol. The molecule has 2 aromatic heterocycles. The minimum absolute atomic E-state index is 0.172. The topological polar surface area (TPSA) is 93.0 Å². The average Bonchev–Trinajstić information content (AvgIpc) is 3.06. The summed E-state index contributed by atoms with van der Waals surface area (Å²) in [5.41, 5.74) is 2.06. The molecule has 4 heterocycles. The Hall–Kier alpha value is -2.39. The predicted molar refractivity (Wildman–Crippen MR) is 109 cm³/mol. The Morgan fingerprint density at radius 1 is 1.31 bits per heavy atom. The zero-order valence-corrected chi connectivity index (χ0v) is 17.6. The Kier molecular flexibility index (Phi) is 4.90. The van der Waals surface area contributed by atoms with Crippen LogP contribution in [0.15, 0.2) is 35.1 Å². The number of amides is 1. The van der Waals surface area contributed by atoms with E-state index in [9.17, 15) is 13.2 Å². The predicted octanol–water partition coefficient (Wildman–Crippen LogP) is 2.87. The second-order valence-corrected chi connectivity index (χ2v) is 10.6. The van der Waals surface area contributed by atoms with E-state index in [2.05, 4.69) is 4.98 Å². The fourth-order valence-corrected chi connectivity index (χ4v) is 5.28. The van der Waals surface area contributed by atoms with Crippen LogP contribution in [0.1, 0.15) is 32.8 Å². The summed E-state index contributed by atoms with van der Waals surface area (Å²) in [6.07, 6.45) is 5.45. The second-order valence-electron chi connectivity index (χ2n) is 8.43. The first-order valence-electron chi connectivity index (χ1n) is 9.63. The van der Waals surface area contributed by atoms with E-state index < -0.39 is 27.0 Å². The Labute approximate surface area is 170 Å². The summed E-state index contributed by atoms with van der Waals surface area (Å²) >= 11 is 0. The van der Waals surface area contributed by atoms with E-state index in [1.54, 1.807) is 33.2 Å². The Morgan fingerprint density at radius 3 is 2.72 bits per heavy atom. The van der Waals surface area contributed by atoms with Crippen LogP contribution < -0.4 is 0 Å². The first kappa shape index (κ1) is 19.9. The van der Waals surface area contributed by atoms with E-state index in [0.717, 1.165) is 16.5 Å². The number of pyridine rings is 1. The fourth-order valence-electron chi connectivity index (χ4n) is 3.49. The maximum absolute atomic E-state index is 12.9. The third kappa shape index (κ3) is 4.02. The van der Waals surface area contributed by atoms with Gasteiger partial charge in [0, 0.05) is 37.8 Å². The fraction of sp³-hybridized carbons (Fsp3) is 0.500. The van der Waals surface area contributed by atoms with Gasteiger partial charge in [0.1, 0.15) is 10.9 Å². The number of hydrogen-bond acceptors (Lipinski definition) is 6. The number of aromatic nitrogens is 1. The molecule has 0 N–H and O–H groups in total. The van der Waals surface area contributed by atoms with Crippen LogP contribution in [0.5, 0.6) is 0 Å². The molecule has 4 rings (SSSR count). The lowest BCUT2D eigenvalue weighted by Crippen LogP contribution is -2.60. The highest BCUT2D eigenvalue weighted by Crippen LogP contribution is 2.29. The van der Waals surface area contributed by atoms with E-state index in [1.807, 2.05) is 18.2 Å². The standard InChI is InChI=1S/C20H25N3O5S/c1-20(2,3)28-19(24)22-12-17(13-22)29(25,26)23-7-4-14(5-8-23)16-10-15-6-9-27-18(15)21-11-16/h4,6,9-11,17H,5,7-8,12-13H2,1-3H3. The van der Waals surface area contributed by atoms with Crippen LogP contribution in [-0.2, 0) is 14.8 Å². The molecule has 9 heteroatoms. The van der Waals surface area contributed by atoms with Crippen LogP contribution in [0.4, 0.5) is 4.79 Å². The molecule has 0 saturated carbocycles. The number of hydrogen-bond donors (Lipinski definition) is 0. The number of carbonyl (C=O) groups excluding carboxylic acids is 1. The first-order valence-corrected chi connectivity index (χ1v) is 11.1. The van der Waals surface area contributed by atoms with Gasteiger partial charge in [-0.05, 0) is 50.5 Å². The quantitative estimate of drug-likeness (QED) is 0.760. The molecule has 156 valence electrons. The van der Waals surface area contributed by atoms with Crippen molar-refractivity contribution < 1.29 is 22.4 Å². The molecule has 2 aliphatic rings. The van der Waals surface area contributed by atoms with Gasteiger partial charge in [-0.3, -0.25) is 0 Å². The number of ether oxygens (including phenoxy) is 1. The van der Waals surface area contributed by atoms with Gasteiger partial charge in [0.25, 0.3) is 0 Å². The first-order chi connectivity index (χ1) is 13.6. The van der Waals surface area contributed by atoms with Gasteiger partial charge in [-0.1, -0.05) is 6.08 Å². The lowest BCUT2D eigenvalue weighted by atomic mass is 10.0. The summed E-state index contributed by atoms with van der Waals surface area (Å²) in [7, 11) is -3.46. The molecule has 2 aliphatic heterocycles. The lowest BCUT2D eigenvalue weighted by molar-refractivity contribution is 0.0136. The molecule has 8 nitrogen and oxygen atoms in total. The third-order valence-corrected chi connectivity index (χ3v) is 7.32. The molecule has 0 bridgehead atoms. The zero-order chi connectivity index (χ0) is 20.8. The van der Waals surface area contributed by atoms with Crippen LogP contribution in [-0.4, -0.2) is 65.7 Å². The molecule has 1 fully saturated rings. The molecule has 29 heavy (non-hydrogen) atoms. The van der Waals surface area contributed by atoms with Crippen LogP contribution >= 0.6 is 0 Å². The summed E-state index contributed by atoms with van der Waals surface area (Å²) in [5, 5.41) is 0.351. The molecule has 0 radical (unpaired) electrons. The molecular formula is C20H25N3O5S. The van der Waals surface area contributed by atoms with Crippen molar-refractivity contribution in [1.82, 2.24) is 14.2 Å². The van der Waals surface area contributed by atoms with Gasteiger partial charge < -0.3 is 14.1 Å². The average molecular weight is 420 g/mol. The van der Waals surface area contributed by atoms with Crippen molar-refractivity contribution in [3.8, 4) is 0 Å². The molecule has 1 saturated heterocycles. The van der Waals surface area contributed by atoms with Crippen LogP contribution in [0.3, 0.4) is 0 Å². The van der Waals surface area contributed by atoms with Gasteiger partial charge in [0.15, 0.2) is 0 Å². The maximum Gasteiger partial charge on any atom is 0.410 e. The van der Waals surface area contributed by atoms with E-state index in [0.29, 0.717) is 25.2 Å². The van der Waals surface area contributed by atoms with Crippen molar-refractivity contribution in [2.75, 3.05) is 26.2 Å². The van der Waals surface area contributed by atoms with Gasteiger partial charge in [-0.25, -0.2) is 18.2 Å². The number of carbonyl (C=O) groups is 1. The summed E-state index contributed by atoms with van der Waals surface area (Å²) < 4.78 is 37.8. The molecule has 1 amide bonds. The minimum Gasteiger partial charge on any atom is -0.446 e. The van der Waals surface area contributed by atoms with Crippen molar-refractivity contribution in [1.29, 1.82) is 0 Å². The monoisotopic (exact) mass is 419 g/mol. The largest absolute Gasteiger partial charge is 0.446 e. The Bertz CT molecular complexity index is 1060. The Morgan fingerprint density at radius 2 is 2.07 bits per heavy atom. The van der Waals surface area contributed by atoms with E-state index in [1.165, 1.54) is 9.21 Å². The number of nitrogens with zero attached hydrogens (tertiary/aromatic N) is 3. The smallest absolute Gasteiger partial charge is 0.410 e. The van der Waals surface area contributed by atoms with E-state index >= 15 is 0 Å². The van der Waals surface area contributed by atoms with Gasteiger partial charge >= 0.3 is 6.09 Å². The molecule has 0 spiro atoms. The Balaban J connectivity index is 1.38. The van der Waals surface area contributed by atoms with Gasteiger partial charge in [0.2, 0.25) is 15.7 Å². The minimum atomic E-state index is -3.46. The lowest BCUT2D eigenvalue weighted by Gasteiger charge is -2.41. The molecule has 2 aromatic rings. The molecule has 0 unspecified atom stereocenters. The van der Waals surface area contributed by atoms with Crippen molar-refractivity contribution in [2.45, 2.75) is 38.0 Å². The van der Waals surface area contributed by atoms with Crippen molar-refractivity contribution in [3.63, 3.8) is 0 Å². The summed E-state index contributed by atoms with van der Waals surface area (Å²) in [6.45, 7) is 6.45. The van der Waals surface area contributed by atoms with Crippen LogP contribution in [0.25, 0.3) is 16.7 Å². The summed E-state index contributed by atoms with van der Waals surface area (Å²) in [6, 6.07) is 3.87. The van der Waals surface area contributed by atoms with Crippen molar-refractivity contribution in [2.24, 2.45) is 0 Å². The molecule has 0 aliphatic carbocycles. The number of fused-ring (bicyclic) bond motifs is 1. The highest BCUT2D eigenvalue weighted by atomic mass is 32.2. The second kappa shape index (κ2) is 7.14. The normalized spacial score (nSPS) is 19.1. The third-order valence-electron chi connectivity index (χ3n) is 5.13. The number of likely N-dealkylation sites (tertiary alicyclic amines) is 1. The number of rotatable bonds is 3. The number of sulfonamides is 1. The van der Waals surface area contributed by atoms with Crippen molar-refractivity contribution >= 4 is 32.8 Å². The van der Waals surface area contributed by atoms with Gasteiger partial charge in [-0.2, -0.15) is 4.31 Å². The highest BCUT2D eigenvalue weighted by Gasteiger charge is 2.44. The van der Waals surface area contributed by atoms with E-state index in [-0.39, 0.29) is 13.1 Å². The molecule has 0 aromatic carbocycles.